The van der Waals surface area contributed by atoms with Crippen molar-refractivity contribution in [2.45, 2.75) is 26.8 Å². The zero-order valence-electron chi connectivity index (χ0n) is 17.8. The van der Waals surface area contributed by atoms with Gasteiger partial charge in [0.25, 0.3) is 0 Å². The Hall–Kier alpha value is -3.04. The number of anilines is 3. The van der Waals surface area contributed by atoms with Crippen molar-refractivity contribution in [1.82, 2.24) is 35.3 Å². The minimum atomic E-state index is 0. The third-order valence-electron chi connectivity index (χ3n) is 5.43. The maximum atomic E-state index is 4.77. The molecular weight excluding hydrogens is 414 g/mol. The summed E-state index contributed by atoms with van der Waals surface area (Å²) in [5.41, 5.74) is 4.75. The van der Waals surface area contributed by atoms with E-state index in [0.29, 0.717) is 5.95 Å². The Morgan fingerprint density at radius 2 is 1.87 bits per heavy atom. The molecule has 0 spiro atoms. The first-order chi connectivity index (χ1) is 14.6. The van der Waals surface area contributed by atoms with Gasteiger partial charge in [-0.15, -0.1) is 17.5 Å². The summed E-state index contributed by atoms with van der Waals surface area (Å²) in [6, 6.07) is 8.23. The van der Waals surface area contributed by atoms with E-state index in [1.165, 1.54) is 5.69 Å². The lowest BCUT2D eigenvalue weighted by Gasteiger charge is -2.30. The smallest absolute Gasteiger partial charge is 0.228 e. The summed E-state index contributed by atoms with van der Waals surface area (Å²) in [5.74, 6) is 1.24. The molecule has 0 radical (unpaired) electrons. The Balaban J connectivity index is 0.00000231. The van der Waals surface area contributed by atoms with Crippen LogP contribution in [0.25, 0.3) is 21.9 Å². The van der Waals surface area contributed by atoms with Crippen LogP contribution in [0, 0.1) is 6.92 Å². The zero-order chi connectivity index (χ0) is 20.7. The van der Waals surface area contributed by atoms with Crippen LogP contribution in [0.15, 0.2) is 30.5 Å². The van der Waals surface area contributed by atoms with Crippen LogP contribution in [0.4, 0.5) is 17.5 Å². The number of aryl methyl sites for hydroxylation is 1. The van der Waals surface area contributed by atoms with E-state index in [2.05, 4.69) is 50.7 Å². The number of rotatable bonds is 4. The fraction of sp³-hybridized carbons (Fsp3) is 0.381. The lowest BCUT2D eigenvalue weighted by Crippen LogP contribution is -2.43. The van der Waals surface area contributed by atoms with Crippen LogP contribution in [0.2, 0.25) is 0 Å². The van der Waals surface area contributed by atoms with E-state index in [0.717, 1.165) is 59.6 Å². The van der Waals surface area contributed by atoms with Crippen molar-refractivity contribution in [2.75, 3.05) is 36.4 Å². The van der Waals surface area contributed by atoms with E-state index in [1.54, 1.807) is 0 Å². The molecule has 1 aliphatic heterocycles. The first kappa shape index (κ1) is 21.2. The van der Waals surface area contributed by atoms with Crippen molar-refractivity contribution in [3.63, 3.8) is 0 Å². The largest absolute Gasteiger partial charge is 0.368 e. The van der Waals surface area contributed by atoms with Gasteiger partial charge in [0.15, 0.2) is 0 Å². The van der Waals surface area contributed by atoms with Crippen LogP contribution in [0.5, 0.6) is 0 Å². The van der Waals surface area contributed by atoms with E-state index in [9.17, 15) is 0 Å². The fourth-order valence-electron chi connectivity index (χ4n) is 3.92. The van der Waals surface area contributed by atoms with Crippen molar-refractivity contribution >= 4 is 51.8 Å². The molecule has 9 nitrogen and oxygen atoms in total. The Kier molecular flexibility index (Phi) is 5.88. The number of nitrogens with zero attached hydrogens (tertiary/aromatic N) is 7. The molecule has 4 aromatic rings. The molecule has 10 heteroatoms. The number of hydrogen-bond donors (Lipinski definition) is 2. The van der Waals surface area contributed by atoms with Crippen molar-refractivity contribution in [1.29, 1.82) is 0 Å². The lowest BCUT2D eigenvalue weighted by molar-refractivity contribution is 0.531. The molecule has 1 fully saturated rings. The molecule has 0 saturated carbocycles. The number of pyridine rings is 1. The van der Waals surface area contributed by atoms with Gasteiger partial charge in [-0.3, -0.25) is 0 Å². The number of benzene rings is 1. The third-order valence-corrected chi connectivity index (χ3v) is 5.43. The van der Waals surface area contributed by atoms with Crippen molar-refractivity contribution < 1.29 is 0 Å². The predicted molar refractivity (Wildman–Crippen MR) is 126 cm³/mol. The van der Waals surface area contributed by atoms with Crippen molar-refractivity contribution in [3.05, 3.63) is 36.2 Å². The van der Waals surface area contributed by atoms with E-state index in [1.807, 2.05) is 36.0 Å². The van der Waals surface area contributed by atoms with Crippen LogP contribution in [0.3, 0.4) is 0 Å². The van der Waals surface area contributed by atoms with Gasteiger partial charge >= 0.3 is 0 Å². The molecule has 0 bridgehead atoms. The van der Waals surface area contributed by atoms with Gasteiger partial charge in [0, 0.05) is 43.8 Å². The van der Waals surface area contributed by atoms with Crippen molar-refractivity contribution in [2.24, 2.45) is 0 Å². The normalized spacial score (nSPS) is 14.3. The van der Waals surface area contributed by atoms with Gasteiger partial charge in [-0.05, 0) is 45.0 Å². The SMILES string of the molecule is Cc1nc(Nc2ncc3ccc4nnn(C(C)C)c4c3n2)ccc1N1CCNCC1.Cl. The standard InChI is InChI=1S/C21H25N9.ClH/c1-13(2)30-20-16(27-28-30)5-4-15-12-23-21(26-19(15)20)25-18-7-6-17(14(3)24-18)29-10-8-22-9-11-29;/h4-7,12-13,22H,8-11H2,1-3H3,(H,23,24,25,26);1H. The number of hydrogen-bond acceptors (Lipinski definition) is 8. The van der Waals surface area contributed by atoms with Gasteiger partial charge in [-0.2, -0.15) is 0 Å². The molecule has 31 heavy (non-hydrogen) atoms. The van der Waals surface area contributed by atoms with E-state index < -0.39 is 0 Å². The molecule has 1 aliphatic rings. The highest BCUT2D eigenvalue weighted by molar-refractivity contribution is 6.01. The summed E-state index contributed by atoms with van der Waals surface area (Å²) in [6.45, 7) is 10.2. The maximum absolute atomic E-state index is 4.77. The minimum absolute atomic E-state index is 0. The summed E-state index contributed by atoms with van der Waals surface area (Å²) in [4.78, 5) is 16.4. The summed E-state index contributed by atoms with van der Waals surface area (Å²) in [7, 11) is 0. The van der Waals surface area contributed by atoms with E-state index >= 15 is 0 Å². The summed E-state index contributed by atoms with van der Waals surface area (Å²) >= 11 is 0. The topological polar surface area (TPSA) is 96.7 Å². The summed E-state index contributed by atoms with van der Waals surface area (Å²) in [5, 5.41) is 16.2. The minimum Gasteiger partial charge on any atom is -0.368 e. The number of halogens is 1. The molecule has 0 amide bonds. The Labute approximate surface area is 186 Å². The number of piperazine rings is 1. The molecule has 2 N–H and O–H groups in total. The van der Waals surface area contributed by atoms with Crippen LogP contribution in [0.1, 0.15) is 25.6 Å². The quantitative estimate of drug-likeness (QED) is 0.500. The number of fused-ring (bicyclic) bond motifs is 3. The molecular formula is C21H26ClN9. The number of nitrogens with one attached hydrogen (secondary N) is 2. The Morgan fingerprint density at radius 3 is 2.61 bits per heavy atom. The highest BCUT2D eigenvalue weighted by atomic mass is 35.5. The second-order valence-corrected chi connectivity index (χ2v) is 7.86. The van der Waals surface area contributed by atoms with Crippen LogP contribution < -0.4 is 15.5 Å². The van der Waals surface area contributed by atoms with Gasteiger partial charge < -0.3 is 15.5 Å². The molecule has 4 heterocycles. The van der Waals surface area contributed by atoms with Crippen LogP contribution in [-0.4, -0.2) is 56.1 Å². The van der Waals surface area contributed by atoms with Gasteiger partial charge in [-0.25, -0.2) is 19.6 Å². The molecule has 0 atom stereocenters. The highest BCUT2D eigenvalue weighted by Gasteiger charge is 2.15. The molecule has 1 aromatic carbocycles. The van der Waals surface area contributed by atoms with Gasteiger partial charge in [-0.1, -0.05) is 5.21 Å². The highest BCUT2D eigenvalue weighted by Crippen LogP contribution is 2.26. The fourth-order valence-corrected chi connectivity index (χ4v) is 3.92. The second-order valence-electron chi connectivity index (χ2n) is 7.86. The van der Waals surface area contributed by atoms with Crippen molar-refractivity contribution in [3.8, 4) is 0 Å². The Bertz CT molecular complexity index is 1210. The second kappa shape index (κ2) is 8.60. The average Bonchev–Trinajstić information content (AvgIpc) is 3.20. The molecule has 0 unspecified atom stereocenters. The van der Waals surface area contributed by atoms with Crippen LogP contribution >= 0.6 is 12.4 Å². The van der Waals surface area contributed by atoms with Gasteiger partial charge in [0.1, 0.15) is 22.4 Å². The van der Waals surface area contributed by atoms with Gasteiger partial charge in [0.05, 0.1) is 11.4 Å². The van der Waals surface area contributed by atoms with Gasteiger partial charge in [0.2, 0.25) is 5.95 Å². The first-order valence-corrected chi connectivity index (χ1v) is 10.3. The van der Waals surface area contributed by atoms with E-state index in [-0.39, 0.29) is 18.4 Å². The Morgan fingerprint density at radius 1 is 1.06 bits per heavy atom. The molecule has 3 aromatic heterocycles. The molecule has 0 aliphatic carbocycles. The lowest BCUT2D eigenvalue weighted by atomic mass is 10.2. The number of aromatic nitrogens is 6. The zero-order valence-corrected chi connectivity index (χ0v) is 18.6. The third kappa shape index (κ3) is 3.98. The maximum Gasteiger partial charge on any atom is 0.228 e. The average molecular weight is 440 g/mol. The molecule has 162 valence electrons. The molecule has 1 saturated heterocycles. The van der Waals surface area contributed by atoms with E-state index in [4.69, 9.17) is 9.97 Å². The van der Waals surface area contributed by atoms with Crippen LogP contribution in [-0.2, 0) is 0 Å². The first-order valence-electron chi connectivity index (χ1n) is 10.3. The monoisotopic (exact) mass is 439 g/mol. The molecule has 5 rings (SSSR count). The summed E-state index contributed by atoms with van der Waals surface area (Å²) < 4.78 is 1.90. The predicted octanol–water partition coefficient (Wildman–Crippen LogP) is 3.23. The summed E-state index contributed by atoms with van der Waals surface area (Å²) in [6.07, 6.45) is 1.82.